The smallest absolute Gasteiger partial charge is 0.0994 e. The van der Waals surface area contributed by atoms with Crippen LogP contribution in [-0.2, 0) is 0 Å². The summed E-state index contributed by atoms with van der Waals surface area (Å²) in [5.41, 5.74) is 1.84. The number of aryl methyl sites for hydroxylation is 1. The van der Waals surface area contributed by atoms with Gasteiger partial charge < -0.3 is 0 Å². The molecule has 0 radical (unpaired) electrons. The van der Waals surface area contributed by atoms with Gasteiger partial charge >= 0.3 is 0 Å². The molecule has 0 bridgehead atoms. The predicted molar refractivity (Wildman–Crippen MR) is 66.1 cm³/mol. The molecule has 1 aromatic rings. The molecule has 1 nitrogen and oxygen atoms in total. The van der Waals surface area contributed by atoms with Gasteiger partial charge in [-0.3, -0.25) is 0 Å². The van der Waals surface area contributed by atoms with Crippen molar-refractivity contribution in [3.63, 3.8) is 0 Å². The van der Waals surface area contributed by atoms with E-state index >= 15 is 0 Å². The van der Waals surface area contributed by atoms with Gasteiger partial charge in [0.05, 0.1) is 11.6 Å². The highest BCUT2D eigenvalue weighted by Gasteiger charge is 2.09. The highest BCUT2D eigenvalue weighted by atomic mass is 32.2. The summed E-state index contributed by atoms with van der Waals surface area (Å²) in [5.74, 6) is 0.672. The molecule has 0 fully saturated rings. The summed E-state index contributed by atoms with van der Waals surface area (Å²) in [6, 6.07) is 8.23. The van der Waals surface area contributed by atoms with E-state index in [9.17, 15) is 0 Å². The Kier molecular flexibility index (Phi) is 4.23. The SMILES string of the molecule is Cc1cc(SC(C)C(C)C)ccc1C#N. The van der Waals surface area contributed by atoms with E-state index in [0.29, 0.717) is 11.2 Å². The van der Waals surface area contributed by atoms with E-state index in [-0.39, 0.29) is 0 Å². The maximum Gasteiger partial charge on any atom is 0.0994 e. The van der Waals surface area contributed by atoms with Crippen LogP contribution >= 0.6 is 11.8 Å². The fraction of sp³-hybridized carbons (Fsp3) is 0.462. The van der Waals surface area contributed by atoms with Crippen LogP contribution in [0.2, 0.25) is 0 Å². The van der Waals surface area contributed by atoms with Gasteiger partial charge in [0, 0.05) is 10.1 Å². The van der Waals surface area contributed by atoms with E-state index in [1.165, 1.54) is 4.90 Å². The average Bonchev–Trinajstić information content (AvgIpc) is 2.18. The molecule has 0 spiro atoms. The van der Waals surface area contributed by atoms with Crippen LogP contribution in [0.5, 0.6) is 0 Å². The van der Waals surface area contributed by atoms with Crippen LogP contribution in [0.3, 0.4) is 0 Å². The number of rotatable bonds is 3. The molecule has 1 atom stereocenters. The molecule has 0 saturated carbocycles. The standard InChI is InChI=1S/C13H17NS/c1-9(2)11(4)15-13-6-5-12(8-14)10(3)7-13/h5-7,9,11H,1-4H3. The summed E-state index contributed by atoms with van der Waals surface area (Å²) >= 11 is 1.88. The lowest BCUT2D eigenvalue weighted by molar-refractivity contribution is 0.642. The number of nitrogens with zero attached hydrogens (tertiary/aromatic N) is 1. The fourth-order valence-corrected chi connectivity index (χ4v) is 2.28. The van der Waals surface area contributed by atoms with Crippen LogP contribution in [0.25, 0.3) is 0 Å². The van der Waals surface area contributed by atoms with Crippen molar-refractivity contribution in [1.29, 1.82) is 5.26 Å². The Morgan fingerprint density at radius 2 is 1.93 bits per heavy atom. The summed E-state index contributed by atoms with van der Waals surface area (Å²) < 4.78 is 0. The third-order valence-electron chi connectivity index (χ3n) is 2.58. The van der Waals surface area contributed by atoms with Crippen molar-refractivity contribution in [3.8, 4) is 6.07 Å². The number of thioether (sulfide) groups is 1. The molecule has 0 saturated heterocycles. The Balaban J connectivity index is 2.81. The molecule has 0 aliphatic carbocycles. The molecule has 0 N–H and O–H groups in total. The first-order valence-corrected chi connectivity index (χ1v) is 6.10. The first-order chi connectivity index (χ1) is 7.04. The normalized spacial score (nSPS) is 12.5. The Labute approximate surface area is 96.5 Å². The highest BCUT2D eigenvalue weighted by molar-refractivity contribution is 8.00. The van der Waals surface area contributed by atoms with Crippen molar-refractivity contribution in [2.75, 3.05) is 0 Å². The third kappa shape index (κ3) is 3.28. The first-order valence-electron chi connectivity index (χ1n) is 5.22. The third-order valence-corrected chi connectivity index (χ3v) is 4.02. The molecule has 2 heteroatoms. The second-order valence-corrected chi connectivity index (χ2v) is 5.61. The van der Waals surface area contributed by atoms with Crippen LogP contribution in [0.15, 0.2) is 23.1 Å². The number of hydrogen-bond acceptors (Lipinski definition) is 2. The van der Waals surface area contributed by atoms with Gasteiger partial charge in [-0.25, -0.2) is 0 Å². The van der Waals surface area contributed by atoms with E-state index in [2.05, 4.69) is 32.9 Å². The molecule has 1 rings (SSSR count). The van der Waals surface area contributed by atoms with Gasteiger partial charge in [0.15, 0.2) is 0 Å². The summed E-state index contributed by atoms with van der Waals surface area (Å²) in [6.07, 6.45) is 0. The topological polar surface area (TPSA) is 23.8 Å². The molecule has 0 amide bonds. The number of hydrogen-bond donors (Lipinski definition) is 0. The minimum Gasteiger partial charge on any atom is -0.192 e. The minimum atomic E-state index is 0.609. The van der Waals surface area contributed by atoms with Gasteiger partial charge in [-0.1, -0.05) is 20.8 Å². The van der Waals surface area contributed by atoms with E-state index < -0.39 is 0 Å². The Morgan fingerprint density at radius 1 is 1.27 bits per heavy atom. The summed E-state index contributed by atoms with van der Waals surface area (Å²) in [5, 5.41) is 9.43. The van der Waals surface area contributed by atoms with Crippen LogP contribution in [0.4, 0.5) is 0 Å². The molecule has 0 aromatic heterocycles. The lowest BCUT2D eigenvalue weighted by atomic mass is 10.1. The number of benzene rings is 1. The van der Waals surface area contributed by atoms with Crippen LogP contribution in [-0.4, -0.2) is 5.25 Å². The van der Waals surface area contributed by atoms with Crippen molar-refractivity contribution in [3.05, 3.63) is 29.3 Å². The molecule has 0 aliphatic rings. The second-order valence-electron chi connectivity index (χ2n) is 4.16. The molecule has 1 unspecified atom stereocenters. The quantitative estimate of drug-likeness (QED) is 0.717. The van der Waals surface area contributed by atoms with E-state index in [1.54, 1.807) is 0 Å². The Hall–Kier alpha value is -0.940. The van der Waals surface area contributed by atoms with Crippen LogP contribution in [0.1, 0.15) is 31.9 Å². The summed E-state index contributed by atoms with van der Waals surface area (Å²) in [7, 11) is 0. The fourth-order valence-electron chi connectivity index (χ4n) is 1.19. The van der Waals surface area contributed by atoms with Crippen LogP contribution in [0, 0.1) is 24.2 Å². The maximum absolute atomic E-state index is 8.82. The van der Waals surface area contributed by atoms with Crippen molar-refractivity contribution >= 4 is 11.8 Å². The lowest BCUT2D eigenvalue weighted by Crippen LogP contribution is -2.05. The van der Waals surface area contributed by atoms with E-state index in [0.717, 1.165) is 11.1 Å². The molecule has 1 aromatic carbocycles. The Morgan fingerprint density at radius 3 is 2.40 bits per heavy atom. The van der Waals surface area contributed by atoms with Gasteiger partial charge in [0.2, 0.25) is 0 Å². The minimum absolute atomic E-state index is 0.609. The maximum atomic E-state index is 8.82. The molecular weight excluding hydrogens is 202 g/mol. The van der Waals surface area contributed by atoms with Crippen molar-refractivity contribution in [1.82, 2.24) is 0 Å². The van der Waals surface area contributed by atoms with Gasteiger partial charge in [0.1, 0.15) is 0 Å². The lowest BCUT2D eigenvalue weighted by Gasteiger charge is -2.15. The zero-order valence-corrected chi connectivity index (χ0v) is 10.6. The molecule has 80 valence electrons. The monoisotopic (exact) mass is 219 g/mol. The molecule has 0 aliphatic heterocycles. The average molecular weight is 219 g/mol. The van der Waals surface area contributed by atoms with Gasteiger partial charge in [-0.2, -0.15) is 5.26 Å². The molecule has 15 heavy (non-hydrogen) atoms. The van der Waals surface area contributed by atoms with Crippen molar-refractivity contribution < 1.29 is 0 Å². The van der Waals surface area contributed by atoms with Crippen molar-refractivity contribution in [2.24, 2.45) is 5.92 Å². The zero-order chi connectivity index (χ0) is 11.4. The van der Waals surface area contributed by atoms with Gasteiger partial charge in [-0.15, -0.1) is 11.8 Å². The van der Waals surface area contributed by atoms with Gasteiger partial charge in [-0.05, 0) is 36.6 Å². The first kappa shape index (κ1) is 12.1. The molecular formula is C13H17NS. The Bertz CT molecular complexity index is 377. The molecule has 0 heterocycles. The summed E-state index contributed by atoms with van der Waals surface area (Å²) in [4.78, 5) is 1.26. The van der Waals surface area contributed by atoms with E-state index in [1.807, 2.05) is 30.8 Å². The largest absolute Gasteiger partial charge is 0.192 e. The zero-order valence-electron chi connectivity index (χ0n) is 9.74. The number of nitriles is 1. The van der Waals surface area contributed by atoms with Crippen LogP contribution < -0.4 is 0 Å². The highest BCUT2D eigenvalue weighted by Crippen LogP contribution is 2.28. The van der Waals surface area contributed by atoms with Crippen molar-refractivity contribution in [2.45, 2.75) is 37.8 Å². The van der Waals surface area contributed by atoms with E-state index in [4.69, 9.17) is 5.26 Å². The van der Waals surface area contributed by atoms with Gasteiger partial charge in [0.25, 0.3) is 0 Å². The predicted octanol–water partition coefficient (Wildman–Crippen LogP) is 4.00. The second kappa shape index (κ2) is 5.23. The summed E-state index contributed by atoms with van der Waals surface area (Å²) in [6.45, 7) is 8.69.